The van der Waals surface area contributed by atoms with Crippen LogP contribution < -0.4 is 8.38 Å². The van der Waals surface area contributed by atoms with Gasteiger partial charge < -0.3 is 0 Å². The van der Waals surface area contributed by atoms with Crippen molar-refractivity contribution < 1.29 is 0 Å². The lowest BCUT2D eigenvalue weighted by atomic mass is 10.1. The third-order valence-electron chi connectivity index (χ3n) is 5.15. The Morgan fingerprint density at radius 1 is 0.750 bits per heavy atom. The first-order valence-corrected chi connectivity index (χ1v) is 18.9. The zero-order chi connectivity index (χ0) is 25.5. The monoisotopic (exact) mass is 640 g/mol. The lowest BCUT2D eigenvalue weighted by Crippen LogP contribution is -1.96. The third-order valence-corrected chi connectivity index (χ3v) is 17.1. The van der Waals surface area contributed by atoms with E-state index in [1.54, 1.807) is 46.2 Å². The number of unbranched alkanes of at least 4 members (excludes halogenated alkanes) is 4. The maximum Gasteiger partial charge on any atom is 0.110 e. The van der Waals surface area contributed by atoms with Crippen molar-refractivity contribution in [3.8, 4) is 12.1 Å². The predicted octanol–water partition coefficient (Wildman–Crippen LogP) is 9.77. The SMILES string of the molecule is CCCCCSC1=C(SCCCCC)SC(=c2sc(=S)c(=C3Sc4cc(C#N)c(C#N)cc4S3)s2)S1. The van der Waals surface area contributed by atoms with Crippen LogP contribution in [0.1, 0.15) is 63.5 Å². The molecule has 2 nitrogen and oxygen atoms in total. The van der Waals surface area contributed by atoms with Crippen LogP contribution >= 0.6 is 105 Å². The normalized spacial score (nSPS) is 14.9. The van der Waals surface area contributed by atoms with Crippen LogP contribution in [0.15, 0.2) is 30.4 Å². The number of fused-ring (bicyclic) bond motifs is 1. The summed E-state index contributed by atoms with van der Waals surface area (Å²) < 4.78 is 8.82. The zero-order valence-electron chi connectivity index (χ0n) is 19.9. The maximum atomic E-state index is 9.38. The Kier molecular flexibility index (Phi) is 11.6. The second-order valence-corrected chi connectivity index (χ2v) is 18.2. The molecule has 0 radical (unpaired) electrons. The van der Waals surface area contributed by atoms with Crippen LogP contribution in [0.3, 0.4) is 0 Å². The fraction of sp³-hybridized carbons (Fsp3) is 0.400. The van der Waals surface area contributed by atoms with Gasteiger partial charge in [-0.25, -0.2) is 0 Å². The number of hydrogen-bond acceptors (Lipinski definition) is 11. The third kappa shape index (κ3) is 7.16. The van der Waals surface area contributed by atoms with E-state index >= 15 is 0 Å². The van der Waals surface area contributed by atoms with Gasteiger partial charge in [0, 0.05) is 9.79 Å². The molecule has 1 aromatic heterocycles. The summed E-state index contributed by atoms with van der Waals surface area (Å²) in [5.41, 5.74) is 0.874. The molecule has 188 valence electrons. The van der Waals surface area contributed by atoms with Crippen molar-refractivity contribution in [1.82, 2.24) is 0 Å². The molecular formula is C25H24N2S9. The summed E-state index contributed by atoms with van der Waals surface area (Å²) in [5.74, 6) is 2.38. The Bertz CT molecular complexity index is 1350. The smallest absolute Gasteiger partial charge is 0.110 e. The van der Waals surface area contributed by atoms with Gasteiger partial charge in [0.25, 0.3) is 0 Å². The van der Waals surface area contributed by atoms with Crippen molar-refractivity contribution in [2.75, 3.05) is 11.5 Å². The first-order valence-electron chi connectivity index (χ1n) is 11.7. The zero-order valence-corrected chi connectivity index (χ0v) is 27.2. The van der Waals surface area contributed by atoms with Crippen molar-refractivity contribution in [2.24, 2.45) is 0 Å². The summed E-state index contributed by atoms with van der Waals surface area (Å²) in [5, 5.41) is 18.8. The second kappa shape index (κ2) is 14.4. The maximum absolute atomic E-state index is 9.38. The standard InChI is InChI=1S/C25H24N2S9/c1-3-5-7-9-29-22-23(30-10-8-6-4-2)36-25(35-22)24-33-19(20(28)34-24)21-31-17-11-15(13-26)16(14-27)12-18(17)32-21/h11-12H,3-10H2,1-2H3. The second-order valence-electron chi connectivity index (χ2n) is 7.85. The largest absolute Gasteiger partial charge is 0.192 e. The highest BCUT2D eigenvalue weighted by molar-refractivity contribution is 8.45. The van der Waals surface area contributed by atoms with E-state index in [0.29, 0.717) is 11.1 Å². The van der Waals surface area contributed by atoms with E-state index in [0.717, 1.165) is 22.4 Å². The molecule has 0 saturated heterocycles. The van der Waals surface area contributed by atoms with Gasteiger partial charge >= 0.3 is 0 Å². The highest BCUT2D eigenvalue weighted by Crippen LogP contribution is 2.58. The van der Waals surface area contributed by atoms with Gasteiger partial charge in [-0.3, -0.25) is 0 Å². The predicted molar refractivity (Wildman–Crippen MR) is 173 cm³/mol. The Labute approximate surface area is 251 Å². The lowest BCUT2D eigenvalue weighted by molar-refractivity contribution is 0.779. The summed E-state index contributed by atoms with van der Waals surface area (Å²) in [6, 6.07) is 7.97. The topological polar surface area (TPSA) is 47.6 Å². The number of nitrogens with zero attached hydrogens (tertiary/aromatic N) is 2. The van der Waals surface area contributed by atoms with Crippen LogP contribution in [0.5, 0.6) is 0 Å². The van der Waals surface area contributed by atoms with Crippen LogP contribution in [0, 0.1) is 26.5 Å². The molecule has 0 spiro atoms. The molecule has 3 heterocycles. The fourth-order valence-electron chi connectivity index (χ4n) is 3.28. The van der Waals surface area contributed by atoms with E-state index in [9.17, 15) is 10.5 Å². The minimum atomic E-state index is 0.437. The van der Waals surface area contributed by atoms with Crippen molar-refractivity contribution in [3.63, 3.8) is 0 Å². The van der Waals surface area contributed by atoms with Crippen LogP contribution in [0.2, 0.25) is 0 Å². The Balaban J connectivity index is 1.60. The van der Waals surface area contributed by atoms with Crippen LogP contribution in [-0.2, 0) is 0 Å². The molecular weight excluding hydrogens is 617 g/mol. The molecule has 0 fully saturated rings. The molecule has 36 heavy (non-hydrogen) atoms. The summed E-state index contributed by atoms with van der Waals surface area (Å²) in [7, 11) is 0. The van der Waals surface area contributed by atoms with Crippen molar-refractivity contribution in [3.05, 3.63) is 43.9 Å². The van der Waals surface area contributed by atoms with E-state index < -0.39 is 0 Å². The van der Waals surface area contributed by atoms with Gasteiger partial charge in [-0.2, -0.15) is 10.5 Å². The van der Waals surface area contributed by atoms with Crippen LogP contribution in [-0.4, -0.2) is 11.5 Å². The van der Waals surface area contributed by atoms with Crippen LogP contribution in [0.25, 0.3) is 8.47 Å². The van der Waals surface area contributed by atoms with Crippen molar-refractivity contribution >= 4 is 114 Å². The van der Waals surface area contributed by atoms with E-state index in [4.69, 9.17) is 12.2 Å². The summed E-state index contributed by atoms with van der Waals surface area (Å²) in [6.45, 7) is 4.52. The highest BCUT2D eigenvalue weighted by Gasteiger charge is 2.25. The first kappa shape index (κ1) is 29.0. The quantitative estimate of drug-likeness (QED) is 0.187. The molecule has 2 aromatic rings. The van der Waals surface area contributed by atoms with E-state index in [1.165, 1.54) is 66.6 Å². The molecule has 0 N–H and O–H groups in total. The van der Waals surface area contributed by atoms with Gasteiger partial charge in [-0.15, -0.1) is 46.2 Å². The van der Waals surface area contributed by atoms with Gasteiger partial charge in [-0.1, -0.05) is 98.8 Å². The molecule has 4 rings (SSSR count). The van der Waals surface area contributed by atoms with Gasteiger partial charge in [0.1, 0.15) is 19.8 Å². The number of rotatable bonds is 10. The number of benzene rings is 1. The summed E-state index contributed by atoms with van der Waals surface area (Å²) in [4.78, 5) is 2.07. The van der Waals surface area contributed by atoms with Gasteiger partial charge in [0.05, 0.1) is 32.6 Å². The molecule has 0 amide bonds. The Hall–Kier alpha value is 0.0500. The first-order chi connectivity index (χ1) is 17.6. The molecule has 1 aromatic carbocycles. The molecule has 2 aliphatic heterocycles. The number of nitriles is 2. The van der Waals surface area contributed by atoms with Gasteiger partial charge in [0.2, 0.25) is 0 Å². The number of hydrogen-bond donors (Lipinski definition) is 0. The molecule has 0 atom stereocenters. The summed E-state index contributed by atoms with van der Waals surface area (Å²) in [6.07, 6.45) is 7.65. The van der Waals surface area contributed by atoms with Gasteiger partial charge in [-0.05, 0) is 36.5 Å². The minimum absolute atomic E-state index is 0.437. The van der Waals surface area contributed by atoms with Crippen LogP contribution in [0.4, 0.5) is 0 Å². The fourth-order valence-corrected chi connectivity index (χ4v) is 15.5. The van der Waals surface area contributed by atoms with E-state index in [1.807, 2.05) is 59.2 Å². The Morgan fingerprint density at radius 2 is 1.28 bits per heavy atom. The van der Waals surface area contributed by atoms with E-state index in [2.05, 4.69) is 26.0 Å². The molecule has 2 aliphatic rings. The molecule has 0 aliphatic carbocycles. The number of thioether (sulfide) groups is 6. The molecule has 11 heteroatoms. The molecule has 0 bridgehead atoms. The summed E-state index contributed by atoms with van der Waals surface area (Å²) >= 11 is 20.6. The van der Waals surface area contributed by atoms with Crippen molar-refractivity contribution in [1.29, 1.82) is 10.5 Å². The molecule has 0 unspecified atom stereocenters. The Morgan fingerprint density at radius 3 is 1.75 bits per heavy atom. The van der Waals surface area contributed by atoms with Crippen molar-refractivity contribution in [2.45, 2.75) is 62.2 Å². The molecule has 0 saturated carbocycles. The lowest BCUT2D eigenvalue weighted by Gasteiger charge is -2.04. The van der Waals surface area contributed by atoms with E-state index in [-0.39, 0.29) is 0 Å². The average Bonchev–Trinajstić information content (AvgIpc) is 3.59. The minimum Gasteiger partial charge on any atom is -0.192 e. The average molecular weight is 641 g/mol. The highest BCUT2D eigenvalue weighted by atomic mass is 32.3. The van der Waals surface area contributed by atoms with Gasteiger partial charge in [0.15, 0.2) is 0 Å².